The van der Waals surface area contributed by atoms with E-state index in [0.717, 1.165) is 10.8 Å². The van der Waals surface area contributed by atoms with Gasteiger partial charge in [0.1, 0.15) is 17.2 Å². The molecule has 0 aliphatic carbocycles. The number of aromatic hydroxyl groups is 2. The highest BCUT2D eigenvalue weighted by atomic mass is 16.3. The van der Waals surface area contributed by atoms with Gasteiger partial charge in [0.2, 0.25) is 0 Å². The van der Waals surface area contributed by atoms with Gasteiger partial charge in [0.25, 0.3) is 0 Å². The number of benzene rings is 2. The zero-order chi connectivity index (χ0) is 15.8. The molecule has 3 N–H and O–H groups in total. The lowest BCUT2D eigenvalue weighted by atomic mass is 10.1. The number of aromatic nitrogens is 4. The number of nitrogens with zero attached hydrogens (tertiary/aromatic N) is 3. The molecule has 0 spiro atoms. The molecule has 0 saturated heterocycles. The van der Waals surface area contributed by atoms with Crippen LogP contribution in [0.25, 0.3) is 33.7 Å². The highest BCUT2D eigenvalue weighted by molar-refractivity contribution is 5.93. The van der Waals surface area contributed by atoms with Gasteiger partial charge in [0.05, 0.1) is 5.56 Å². The first kappa shape index (κ1) is 13.3. The topological polar surface area (TPSA) is 94.9 Å². The molecule has 0 unspecified atom stereocenters. The Morgan fingerprint density at radius 3 is 2.74 bits per heavy atom. The average molecular weight is 304 g/mol. The van der Waals surface area contributed by atoms with Crippen molar-refractivity contribution in [3.8, 4) is 34.4 Å². The summed E-state index contributed by atoms with van der Waals surface area (Å²) in [6.45, 7) is 0. The van der Waals surface area contributed by atoms with Crippen molar-refractivity contribution in [3.05, 3.63) is 54.7 Å². The van der Waals surface area contributed by atoms with Crippen LogP contribution in [0.15, 0.2) is 54.7 Å². The summed E-state index contributed by atoms with van der Waals surface area (Å²) in [7, 11) is 0. The number of rotatable bonds is 2. The van der Waals surface area contributed by atoms with Crippen LogP contribution in [-0.2, 0) is 0 Å². The fourth-order valence-corrected chi connectivity index (χ4v) is 2.50. The van der Waals surface area contributed by atoms with Crippen molar-refractivity contribution in [1.82, 2.24) is 20.2 Å². The number of nitrogens with one attached hydrogen (secondary N) is 1. The number of hydrogen-bond donors (Lipinski definition) is 3. The van der Waals surface area contributed by atoms with E-state index in [1.165, 1.54) is 18.2 Å². The van der Waals surface area contributed by atoms with Gasteiger partial charge >= 0.3 is 0 Å². The third-order valence-electron chi connectivity index (χ3n) is 3.60. The number of aromatic amines is 1. The molecule has 0 fully saturated rings. The van der Waals surface area contributed by atoms with Crippen molar-refractivity contribution < 1.29 is 10.2 Å². The summed E-state index contributed by atoms with van der Waals surface area (Å²) in [4.78, 5) is 8.78. The highest BCUT2D eigenvalue weighted by Crippen LogP contribution is 2.31. The van der Waals surface area contributed by atoms with Gasteiger partial charge < -0.3 is 10.2 Å². The van der Waals surface area contributed by atoms with Crippen LogP contribution in [0.4, 0.5) is 0 Å². The molecule has 2 heterocycles. The van der Waals surface area contributed by atoms with Gasteiger partial charge in [-0.15, -0.1) is 0 Å². The van der Waals surface area contributed by atoms with E-state index in [4.69, 9.17) is 0 Å². The largest absolute Gasteiger partial charge is 0.508 e. The molecule has 0 amide bonds. The van der Waals surface area contributed by atoms with Crippen molar-refractivity contribution in [2.24, 2.45) is 0 Å². The van der Waals surface area contributed by atoms with Crippen LogP contribution in [0.1, 0.15) is 0 Å². The van der Waals surface area contributed by atoms with E-state index < -0.39 is 0 Å². The minimum Gasteiger partial charge on any atom is -0.508 e. The molecule has 0 atom stereocenters. The van der Waals surface area contributed by atoms with E-state index >= 15 is 0 Å². The first-order valence-corrected chi connectivity index (χ1v) is 7.01. The first-order valence-electron chi connectivity index (χ1n) is 7.01. The van der Waals surface area contributed by atoms with E-state index in [1.54, 1.807) is 6.20 Å². The zero-order valence-corrected chi connectivity index (χ0v) is 11.9. The fourth-order valence-electron chi connectivity index (χ4n) is 2.50. The molecule has 2 aromatic heterocycles. The van der Waals surface area contributed by atoms with Crippen LogP contribution >= 0.6 is 0 Å². The van der Waals surface area contributed by atoms with Crippen LogP contribution in [0.2, 0.25) is 0 Å². The van der Waals surface area contributed by atoms with Gasteiger partial charge in [0.15, 0.2) is 11.6 Å². The second-order valence-corrected chi connectivity index (χ2v) is 5.09. The Kier molecular flexibility index (Phi) is 2.94. The SMILES string of the molecule is Oc1ccc(O)c(-c2n[nH]c(-c3nccc4ccccc34)n2)c1. The van der Waals surface area contributed by atoms with Crippen LogP contribution in [0, 0.1) is 0 Å². The first-order chi connectivity index (χ1) is 11.2. The van der Waals surface area contributed by atoms with Gasteiger partial charge in [-0.3, -0.25) is 10.1 Å². The fraction of sp³-hybridized carbons (Fsp3) is 0. The van der Waals surface area contributed by atoms with Gasteiger partial charge in [0, 0.05) is 11.6 Å². The molecule has 6 nitrogen and oxygen atoms in total. The van der Waals surface area contributed by atoms with E-state index in [0.29, 0.717) is 22.9 Å². The molecule has 6 heteroatoms. The normalized spacial score (nSPS) is 11.0. The predicted octanol–water partition coefficient (Wildman–Crippen LogP) is 3.10. The standard InChI is InChI=1S/C17H12N4O2/c22-11-5-6-14(23)13(9-11)16-19-17(21-20-16)15-12-4-2-1-3-10(12)7-8-18-15/h1-9,22-23H,(H,19,20,21). The van der Waals surface area contributed by atoms with Gasteiger partial charge in [-0.25, -0.2) is 4.98 Å². The van der Waals surface area contributed by atoms with Crippen molar-refractivity contribution in [2.75, 3.05) is 0 Å². The molecule has 2 aromatic carbocycles. The molecule has 112 valence electrons. The Balaban J connectivity index is 1.86. The summed E-state index contributed by atoms with van der Waals surface area (Å²) >= 11 is 0. The molecule has 23 heavy (non-hydrogen) atoms. The Morgan fingerprint density at radius 2 is 1.83 bits per heavy atom. The van der Waals surface area contributed by atoms with E-state index in [2.05, 4.69) is 20.2 Å². The Hall–Kier alpha value is -3.41. The lowest BCUT2D eigenvalue weighted by molar-refractivity contribution is 0.461. The molecule has 0 aliphatic heterocycles. The lowest BCUT2D eigenvalue weighted by Gasteiger charge is -2.02. The van der Waals surface area contributed by atoms with Gasteiger partial charge in [-0.1, -0.05) is 24.3 Å². The number of pyridine rings is 1. The third-order valence-corrected chi connectivity index (χ3v) is 3.60. The Bertz CT molecular complexity index is 1010. The molecule has 0 bridgehead atoms. The molecule has 4 rings (SSSR count). The molecular weight excluding hydrogens is 292 g/mol. The summed E-state index contributed by atoms with van der Waals surface area (Å²) in [6, 6.07) is 14.0. The van der Waals surface area contributed by atoms with Crippen LogP contribution < -0.4 is 0 Å². The third kappa shape index (κ3) is 2.26. The lowest BCUT2D eigenvalue weighted by Crippen LogP contribution is -1.88. The second-order valence-electron chi connectivity index (χ2n) is 5.09. The number of phenolic OH excluding ortho intramolecular Hbond substituents is 2. The highest BCUT2D eigenvalue weighted by Gasteiger charge is 2.14. The van der Waals surface area contributed by atoms with Crippen molar-refractivity contribution in [2.45, 2.75) is 0 Å². The van der Waals surface area contributed by atoms with E-state index in [1.807, 2.05) is 30.3 Å². The summed E-state index contributed by atoms with van der Waals surface area (Å²) < 4.78 is 0. The summed E-state index contributed by atoms with van der Waals surface area (Å²) in [5.74, 6) is 0.828. The maximum Gasteiger partial charge on any atom is 0.185 e. The number of phenols is 2. The van der Waals surface area contributed by atoms with Crippen molar-refractivity contribution >= 4 is 10.8 Å². The molecule has 0 aliphatic rings. The van der Waals surface area contributed by atoms with Gasteiger partial charge in [-0.05, 0) is 29.7 Å². The maximum absolute atomic E-state index is 9.92. The average Bonchev–Trinajstić information content (AvgIpc) is 3.06. The Morgan fingerprint density at radius 1 is 0.957 bits per heavy atom. The number of H-pyrrole nitrogens is 1. The van der Waals surface area contributed by atoms with Crippen LogP contribution in [0.3, 0.4) is 0 Å². The number of fused-ring (bicyclic) bond motifs is 1. The predicted molar refractivity (Wildman–Crippen MR) is 85.9 cm³/mol. The van der Waals surface area contributed by atoms with Crippen LogP contribution in [-0.4, -0.2) is 30.4 Å². The van der Waals surface area contributed by atoms with E-state index in [9.17, 15) is 10.2 Å². The summed E-state index contributed by atoms with van der Waals surface area (Å²) in [6.07, 6.45) is 1.71. The Labute approximate surface area is 131 Å². The molecule has 0 radical (unpaired) electrons. The summed E-state index contributed by atoms with van der Waals surface area (Å²) in [5.41, 5.74) is 1.04. The monoisotopic (exact) mass is 304 g/mol. The maximum atomic E-state index is 9.92. The van der Waals surface area contributed by atoms with Gasteiger partial charge in [-0.2, -0.15) is 5.10 Å². The second kappa shape index (κ2) is 5.10. The minimum absolute atomic E-state index is 0.000714. The van der Waals surface area contributed by atoms with Crippen LogP contribution in [0.5, 0.6) is 11.5 Å². The smallest absolute Gasteiger partial charge is 0.185 e. The van der Waals surface area contributed by atoms with Crippen molar-refractivity contribution in [3.63, 3.8) is 0 Å². The summed E-state index contributed by atoms with van der Waals surface area (Å²) in [5, 5.41) is 28.5. The number of hydrogen-bond acceptors (Lipinski definition) is 5. The van der Waals surface area contributed by atoms with E-state index in [-0.39, 0.29) is 11.5 Å². The quantitative estimate of drug-likeness (QED) is 0.495. The molecule has 0 saturated carbocycles. The molecule has 4 aromatic rings. The minimum atomic E-state index is -0.000714. The zero-order valence-electron chi connectivity index (χ0n) is 11.9. The van der Waals surface area contributed by atoms with Crippen molar-refractivity contribution in [1.29, 1.82) is 0 Å². The molecular formula is C17H12N4O2.